The maximum Gasteiger partial charge on any atom is 0.244 e. The number of hydrogen-bond donors (Lipinski definition) is 2. The zero-order valence-corrected chi connectivity index (χ0v) is 13.0. The van der Waals surface area contributed by atoms with Gasteiger partial charge >= 0.3 is 0 Å². The highest BCUT2D eigenvalue weighted by Crippen LogP contribution is 2.18. The second-order valence-corrected chi connectivity index (χ2v) is 6.38. The second-order valence-electron chi connectivity index (χ2n) is 4.61. The van der Waals surface area contributed by atoms with Crippen molar-refractivity contribution in [2.45, 2.75) is 18.2 Å². The summed E-state index contributed by atoms with van der Waals surface area (Å²) in [5.74, 6) is -0.372. The zero-order valence-electron chi connectivity index (χ0n) is 12.2. The zero-order chi connectivity index (χ0) is 16.0. The van der Waals surface area contributed by atoms with Gasteiger partial charge in [-0.05, 0) is 29.8 Å². The fraction of sp³-hybridized carbons (Fsp3) is 0.267. The monoisotopic (exact) mass is 322 g/mol. The first-order chi connectivity index (χ1) is 10.5. The van der Waals surface area contributed by atoms with Gasteiger partial charge in [0.2, 0.25) is 15.9 Å². The molecule has 2 rings (SSSR count). The Kier molecular flexibility index (Phi) is 5.48. The van der Waals surface area contributed by atoms with Crippen molar-refractivity contribution in [3.8, 4) is 0 Å². The number of sulfonamides is 1. The van der Waals surface area contributed by atoms with E-state index in [9.17, 15) is 13.2 Å². The summed E-state index contributed by atoms with van der Waals surface area (Å²) in [5.41, 5.74) is 2.21. The number of nitrogens with one attached hydrogen (secondary N) is 2. The van der Waals surface area contributed by atoms with Crippen molar-refractivity contribution in [2.75, 3.05) is 13.2 Å². The molecule has 0 atom stereocenters. The highest BCUT2D eigenvalue weighted by molar-refractivity contribution is 7.89. The minimum absolute atomic E-state index is 0.00676. The van der Waals surface area contributed by atoms with E-state index in [0.717, 1.165) is 10.8 Å². The predicted octanol–water partition coefficient (Wildman–Crippen LogP) is 1.58. The van der Waals surface area contributed by atoms with E-state index in [0.29, 0.717) is 6.61 Å². The van der Waals surface area contributed by atoms with Gasteiger partial charge in [-0.25, -0.2) is 18.6 Å². The van der Waals surface area contributed by atoms with Gasteiger partial charge < -0.3 is 0 Å². The molecule has 2 aromatic rings. The number of rotatable bonds is 7. The molecule has 2 aromatic carbocycles. The van der Waals surface area contributed by atoms with E-state index >= 15 is 0 Å². The highest BCUT2D eigenvalue weighted by atomic mass is 32.2. The van der Waals surface area contributed by atoms with Gasteiger partial charge in [-0.3, -0.25) is 9.63 Å². The SMILES string of the molecule is CCONC(=O)CCNS(=O)(=O)c1ccc2ccccc2c1. The fourth-order valence-corrected chi connectivity index (χ4v) is 2.99. The Hall–Kier alpha value is -1.96. The van der Waals surface area contributed by atoms with Gasteiger partial charge in [0.1, 0.15) is 0 Å². The predicted molar refractivity (Wildman–Crippen MR) is 83.5 cm³/mol. The molecule has 2 N–H and O–H groups in total. The molecule has 0 aliphatic rings. The maximum absolute atomic E-state index is 12.2. The molecule has 0 saturated heterocycles. The standard InChI is InChI=1S/C15H18N2O4S/c1-2-21-17-15(18)9-10-16-22(19,20)14-8-7-12-5-3-4-6-13(12)11-14/h3-8,11,16H,2,9-10H2,1H3,(H,17,18). The maximum atomic E-state index is 12.2. The number of carbonyl (C=O) groups excluding carboxylic acids is 1. The average Bonchev–Trinajstić information content (AvgIpc) is 2.52. The van der Waals surface area contributed by atoms with Gasteiger partial charge in [0.05, 0.1) is 11.5 Å². The van der Waals surface area contributed by atoms with Crippen LogP contribution in [0.1, 0.15) is 13.3 Å². The van der Waals surface area contributed by atoms with Crippen molar-refractivity contribution in [1.82, 2.24) is 10.2 Å². The van der Waals surface area contributed by atoms with Crippen molar-refractivity contribution < 1.29 is 18.0 Å². The highest BCUT2D eigenvalue weighted by Gasteiger charge is 2.14. The van der Waals surface area contributed by atoms with Gasteiger partial charge in [-0.2, -0.15) is 0 Å². The summed E-state index contributed by atoms with van der Waals surface area (Å²) in [6.45, 7) is 2.10. The summed E-state index contributed by atoms with van der Waals surface area (Å²) >= 11 is 0. The summed E-state index contributed by atoms with van der Waals surface area (Å²) in [6.07, 6.45) is 0.00676. The van der Waals surface area contributed by atoms with Gasteiger partial charge in [0, 0.05) is 13.0 Å². The third kappa shape index (κ3) is 4.27. The molecule has 0 aliphatic heterocycles. The molecule has 118 valence electrons. The first kappa shape index (κ1) is 16.4. The molecular weight excluding hydrogens is 304 g/mol. The van der Waals surface area contributed by atoms with Gasteiger partial charge in [-0.15, -0.1) is 0 Å². The van der Waals surface area contributed by atoms with Crippen LogP contribution in [0.5, 0.6) is 0 Å². The molecule has 0 unspecified atom stereocenters. The summed E-state index contributed by atoms with van der Waals surface area (Å²) in [6, 6.07) is 12.4. The topological polar surface area (TPSA) is 84.5 Å². The quantitative estimate of drug-likeness (QED) is 0.758. The second kappa shape index (κ2) is 7.35. The first-order valence-electron chi connectivity index (χ1n) is 6.92. The molecule has 0 spiro atoms. The summed E-state index contributed by atoms with van der Waals surface area (Å²) in [7, 11) is -3.64. The molecule has 1 amide bonds. The lowest BCUT2D eigenvalue weighted by atomic mass is 10.1. The van der Waals surface area contributed by atoms with Crippen LogP contribution in [0.3, 0.4) is 0 Å². The minimum atomic E-state index is -3.64. The smallest absolute Gasteiger partial charge is 0.244 e. The molecule has 0 saturated carbocycles. The molecule has 0 aromatic heterocycles. The Bertz CT molecular complexity index is 759. The van der Waals surface area contributed by atoms with E-state index in [-0.39, 0.29) is 23.8 Å². The third-order valence-electron chi connectivity index (χ3n) is 3.01. The van der Waals surface area contributed by atoms with E-state index in [4.69, 9.17) is 4.84 Å². The van der Waals surface area contributed by atoms with E-state index in [1.54, 1.807) is 25.1 Å². The van der Waals surface area contributed by atoms with E-state index in [2.05, 4.69) is 10.2 Å². The lowest BCUT2D eigenvalue weighted by Crippen LogP contribution is -2.30. The number of amides is 1. The van der Waals surface area contributed by atoms with Crippen LogP contribution in [-0.4, -0.2) is 27.5 Å². The Morgan fingerprint density at radius 2 is 1.86 bits per heavy atom. The molecule has 0 aliphatic carbocycles. The first-order valence-corrected chi connectivity index (χ1v) is 8.40. The number of carbonyl (C=O) groups is 1. The molecule has 0 heterocycles. The summed E-state index contributed by atoms with van der Waals surface area (Å²) in [5, 5.41) is 1.82. The van der Waals surface area contributed by atoms with Gasteiger partial charge in [0.15, 0.2) is 0 Å². The van der Waals surface area contributed by atoms with Gasteiger partial charge in [-0.1, -0.05) is 30.3 Å². The van der Waals surface area contributed by atoms with Crippen LogP contribution in [0.2, 0.25) is 0 Å². The largest absolute Gasteiger partial charge is 0.274 e. The summed E-state index contributed by atoms with van der Waals surface area (Å²) in [4.78, 5) is 16.2. The van der Waals surface area contributed by atoms with Crippen LogP contribution >= 0.6 is 0 Å². The lowest BCUT2D eigenvalue weighted by molar-refractivity contribution is -0.132. The number of fused-ring (bicyclic) bond motifs is 1. The number of hydroxylamine groups is 1. The minimum Gasteiger partial charge on any atom is -0.274 e. The molecule has 7 heteroatoms. The van der Waals surface area contributed by atoms with Crippen LogP contribution in [0.4, 0.5) is 0 Å². The van der Waals surface area contributed by atoms with Crippen molar-refractivity contribution in [2.24, 2.45) is 0 Å². The van der Waals surface area contributed by atoms with E-state index in [1.165, 1.54) is 0 Å². The van der Waals surface area contributed by atoms with Crippen molar-refractivity contribution >= 4 is 26.7 Å². The Balaban J connectivity index is 2.01. The van der Waals surface area contributed by atoms with E-state index in [1.807, 2.05) is 24.3 Å². The Morgan fingerprint density at radius 1 is 1.14 bits per heavy atom. The van der Waals surface area contributed by atoms with Crippen LogP contribution in [-0.2, 0) is 19.7 Å². The van der Waals surface area contributed by atoms with Crippen molar-refractivity contribution in [3.05, 3.63) is 42.5 Å². The molecule has 0 radical (unpaired) electrons. The number of hydrogen-bond acceptors (Lipinski definition) is 4. The molecule has 0 bridgehead atoms. The van der Waals surface area contributed by atoms with Crippen LogP contribution in [0.25, 0.3) is 10.8 Å². The molecule has 22 heavy (non-hydrogen) atoms. The Morgan fingerprint density at radius 3 is 2.59 bits per heavy atom. The summed E-state index contributed by atoms with van der Waals surface area (Å²) < 4.78 is 26.8. The van der Waals surface area contributed by atoms with Crippen LogP contribution < -0.4 is 10.2 Å². The third-order valence-corrected chi connectivity index (χ3v) is 4.46. The van der Waals surface area contributed by atoms with Gasteiger partial charge in [0.25, 0.3) is 0 Å². The normalized spacial score (nSPS) is 11.5. The number of benzene rings is 2. The average molecular weight is 322 g/mol. The van der Waals surface area contributed by atoms with Crippen LogP contribution in [0.15, 0.2) is 47.4 Å². The fourth-order valence-electron chi connectivity index (χ4n) is 1.92. The molecule has 6 nitrogen and oxygen atoms in total. The molecular formula is C15H18N2O4S. The molecule has 0 fully saturated rings. The van der Waals surface area contributed by atoms with Crippen molar-refractivity contribution in [3.63, 3.8) is 0 Å². The van der Waals surface area contributed by atoms with E-state index < -0.39 is 10.0 Å². The van der Waals surface area contributed by atoms with Crippen molar-refractivity contribution in [1.29, 1.82) is 0 Å². The Labute approximate surface area is 129 Å². The lowest BCUT2D eigenvalue weighted by Gasteiger charge is -2.08. The van der Waals surface area contributed by atoms with Crippen LogP contribution in [0, 0.1) is 0 Å².